The van der Waals surface area contributed by atoms with E-state index < -0.39 is 12.0 Å². The summed E-state index contributed by atoms with van der Waals surface area (Å²) in [7, 11) is 0. The fraction of sp³-hybridized carbons (Fsp3) is 0.467. The van der Waals surface area contributed by atoms with Crippen LogP contribution in [0.3, 0.4) is 0 Å². The van der Waals surface area contributed by atoms with Gasteiger partial charge in [0.2, 0.25) is 0 Å². The van der Waals surface area contributed by atoms with Crippen LogP contribution in [0, 0.1) is 0 Å². The number of hydrogen-bond acceptors (Lipinski definition) is 5. The number of hydrogen-bond donors (Lipinski definition) is 3. The minimum absolute atomic E-state index is 0.176. The number of rotatable bonds is 9. The zero-order chi connectivity index (χ0) is 15.7. The number of carboxylic acids is 1. The summed E-state index contributed by atoms with van der Waals surface area (Å²) in [5.74, 6) is -1.27. The van der Waals surface area contributed by atoms with E-state index in [1.54, 1.807) is 6.07 Å². The van der Waals surface area contributed by atoms with Crippen molar-refractivity contribution in [2.24, 2.45) is 5.73 Å². The highest BCUT2D eigenvalue weighted by atomic mass is 16.5. The Hall–Kier alpha value is -2.08. The number of carboxylic acid groups (broad SMARTS) is 1. The highest BCUT2D eigenvalue weighted by molar-refractivity contribution is 5.73. The molecule has 0 amide bonds. The molecule has 6 nitrogen and oxygen atoms in total. The number of carbonyl (C=O) groups is 2. The summed E-state index contributed by atoms with van der Waals surface area (Å²) in [6.07, 6.45) is 2.84. The summed E-state index contributed by atoms with van der Waals surface area (Å²) in [5.41, 5.74) is 12.5. The Bertz CT molecular complexity index is 476. The second kappa shape index (κ2) is 8.97. The van der Waals surface area contributed by atoms with E-state index in [4.69, 9.17) is 21.3 Å². The molecule has 21 heavy (non-hydrogen) atoms. The van der Waals surface area contributed by atoms with Gasteiger partial charge >= 0.3 is 11.9 Å². The average molecular weight is 294 g/mol. The summed E-state index contributed by atoms with van der Waals surface area (Å²) in [4.78, 5) is 22.1. The van der Waals surface area contributed by atoms with Gasteiger partial charge in [0.05, 0.1) is 0 Å². The van der Waals surface area contributed by atoms with Gasteiger partial charge < -0.3 is 21.3 Å². The van der Waals surface area contributed by atoms with Crippen LogP contribution < -0.4 is 11.5 Å². The van der Waals surface area contributed by atoms with Crippen LogP contribution in [0.15, 0.2) is 24.3 Å². The number of esters is 1. The Morgan fingerprint density at radius 1 is 1.19 bits per heavy atom. The molecule has 0 aromatic heterocycles. The van der Waals surface area contributed by atoms with Crippen molar-refractivity contribution < 1.29 is 19.4 Å². The van der Waals surface area contributed by atoms with E-state index >= 15 is 0 Å². The number of carbonyl (C=O) groups excluding carboxylic acids is 1. The Labute approximate surface area is 124 Å². The van der Waals surface area contributed by atoms with Gasteiger partial charge in [-0.05, 0) is 18.9 Å². The standard InChI is InChI=1S/C15H22N2O4/c16-12-7-5-4-6-11(12)10-21-14(18)9-3-1-2-8-13(17)15(19)20/h4-7,13H,1-3,8-10,16-17H2,(H,19,20)/t13-/m0/s1. The van der Waals surface area contributed by atoms with Crippen LogP contribution in [0.4, 0.5) is 5.69 Å². The molecule has 0 fully saturated rings. The van der Waals surface area contributed by atoms with Crippen LogP contribution in [0.1, 0.15) is 37.7 Å². The number of aliphatic carboxylic acids is 1. The van der Waals surface area contributed by atoms with Crippen LogP contribution in [0.25, 0.3) is 0 Å². The number of nitrogens with two attached hydrogens (primary N) is 2. The molecular formula is C15H22N2O4. The number of benzene rings is 1. The molecule has 6 heteroatoms. The molecule has 0 heterocycles. The topological polar surface area (TPSA) is 116 Å². The summed E-state index contributed by atoms with van der Waals surface area (Å²) in [6.45, 7) is 0.176. The molecule has 0 radical (unpaired) electrons. The monoisotopic (exact) mass is 294 g/mol. The van der Waals surface area contributed by atoms with Gasteiger partial charge in [-0.15, -0.1) is 0 Å². The van der Waals surface area contributed by atoms with Gasteiger partial charge in [0.1, 0.15) is 12.6 Å². The van der Waals surface area contributed by atoms with Crippen LogP contribution in [0.2, 0.25) is 0 Å². The Balaban J connectivity index is 2.12. The smallest absolute Gasteiger partial charge is 0.320 e. The lowest BCUT2D eigenvalue weighted by molar-refractivity contribution is -0.145. The fourth-order valence-corrected chi connectivity index (χ4v) is 1.83. The molecule has 1 aromatic carbocycles. The SMILES string of the molecule is Nc1ccccc1COC(=O)CCCCC[C@H](N)C(=O)O. The maximum atomic E-state index is 11.6. The molecule has 1 aromatic rings. The number of nitrogen functional groups attached to an aromatic ring is 1. The van der Waals surface area contributed by atoms with Crippen molar-refractivity contribution >= 4 is 17.6 Å². The minimum Gasteiger partial charge on any atom is -0.480 e. The molecule has 0 bridgehead atoms. The number of ether oxygens (including phenoxy) is 1. The Morgan fingerprint density at radius 2 is 1.90 bits per heavy atom. The fourth-order valence-electron chi connectivity index (χ4n) is 1.83. The van der Waals surface area contributed by atoms with E-state index in [0.29, 0.717) is 31.4 Å². The van der Waals surface area contributed by atoms with E-state index in [2.05, 4.69) is 0 Å². The number of unbranched alkanes of at least 4 members (excludes halogenated alkanes) is 2. The third kappa shape index (κ3) is 6.76. The van der Waals surface area contributed by atoms with Crippen molar-refractivity contribution in [1.82, 2.24) is 0 Å². The molecule has 116 valence electrons. The summed E-state index contributed by atoms with van der Waals surface area (Å²) in [5, 5.41) is 8.62. The lowest BCUT2D eigenvalue weighted by atomic mass is 10.1. The van der Waals surface area contributed by atoms with Gasteiger partial charge in [0, 0.05) is 17.7 Å². The van der Waals surface area contributed by atoms with Crippen molar-refractivity contribution in [3.05, 3.63) is 29.8 Å². The maximum absolute atomic E-state index is 11.6. The number of para-hydroxylation sites is 1. The lowest BCUT2D eigenvalue weighted by Gasteiger charge is -2.08. The van der Waals surface area contributed by atoms with Crippen molar-refractivity contribution in [1.29, 1.82) is 0 Å². The van der Waals surface area contributed by atoms with Gasteiger partial charge in [-0.1, -0.05) is 31.0 Å². The van der Waals surface area contributed by atoms with Crippen LogP contribution in [-0.4, -0.2) is 23.1 Å². The zero-order valence-corrected chi connectivity index (χ0v) is 12.0. The molecule has 0 spiro atoms. The van der Waals surface area contributed by atoms with E-state index in [-0.39, 0.29) is 12.6 Å². The summed E-state index contributed by atoms with van der Waals surface area (Å²) in [6, 6.07) is 6.41. The highest BCUT2D eigenvalue weighted by Gasteiger charge is 2.10. The summed E-state index contributed by atoms with van der Waals surface area (Å²) >= 11 is 0. The molecule has 1 atom stereocenters. The third-order valence-electron chi connectivity index (χ3n) is 3.16. The molecular weight excluding hydrogens is 272 g/mol. The van der Waals surface area contributed by atoms with Crippen molar-refractivity contribution in [2.75, 3.05) is 5.73 Å². The van der Waals surface area contributed by atoms with Crippen LogP contribution in [-0.2, 0) is 20.9 Å². The predicted octanol–water partition coefficient (Wildman–Crippen LogP) is 1.67. The van der Waals surface area contributed by atoms with Gasteiger partial charge in [-0.25, -0.2) is 0 Å². The largest absolute Gasteiger partial charge is 0.480 e. The second-order valence-electron chi connectivity index (χ2n) is 4.90. The minimum atomic E-state index is -0.991. The predicted molar refractivity (Wildman–Crippen MR) is 79.3 cm³/mol. The maximum Gasteiger partial charge on any atom is 0.320 e. The van der Waals surface area contributed by atoms with Gasteiger partial charge in [-0.2, -0.15) is 0 Å². The Morgan fingerprint density at radius 3 is 2.57 bits per heavy atom. The van der Waals surface area contributed by atoms with Gasteiger partial charge in [0.25, 0.3) is 0 Å². The molecule has 0 saturated carbocycles. The van der Waals surface area contributed by atoms with E-state index in [9.17, 15) is 9.59 Å². The first-order valence-corrected chi connectivity index (χ1v) is 6.98. The van der Waals surface area contributed by atoms with E-state index in [0.717, 1.165) is 12.0 Å². The second-order valence-corrected chi connectivity index (χ2v) is 4.90. The number of anilines is 1. The van der Waals surface area contributed by atoms with Crippen molar-refractivity contribution in [3.63, 3.8) is 0 Å². The molecule has 0 unspecified atom stereocenters. The highest BCUT2D eigenvalue weighted by Crippen LogP contribution is 2.12. The van der Waals surface area contributed by atoms with E-state index in [1.165, 1.54) is 0 Å². The van der Waals surface area contributed by atoms with Crippen LogP contribution >= 0.6 is 0 Å². The third-order valence-corrected chi connectivity index (χ3v) is 3.16. The molecule has 0 aliphatic carbocycles. The normalized spacial score (nSPS) is 11.9. The molecule has 0 aliphatic rings. The summed E-state index contributed by atoms with van der Waals surface area (Å²) < 4.78 is 5.14. The first kappa shape index (κ1) is 17.0. The first-order valence-electron chi connectivity index (χ1n) is 6.98. The molecule has 1 rings (SSSR count). The lowest BCUT2D eigenvalue weighted by Crippen LogP contribution is -2.29. The van der Waals surface area contributed by atoms with Crippen molar-refractivity contribution in [2.45, 2.75) is 44.8 Å². The zero-order valence-electron chi connectivity index (χ0n) is 12.0. The van der Waals surface area contributed by atoms with Crippen LogP contribution in [0.5, 0.6) is 0 Å². The van der Waals surface area contributed by atoms with Gasteiger partial charge in [-0.3, -0.25) is 9.59 Å². The first-order chi connectivity index (χ1) is 10.0. The van der Waals surface area contributed by atoms with Crippen molar-refractivity contribution in [3.8, 4) is 0 Å². The van der Waals surface area contributed by atoms with E-state index in [1.807, 2.05) is 18.2 Å². The van der Waals surface area contributed by atoms with Gasteiger partial charge in [0.15, 0.2) is 0 Å². The molecule has 5 N–H and O–H groups in total. The quantitative estimate of drug-likeness (QED) is 0.362. The Kier molecular flexibility index (Phi) is 7.25. The molecule has 0 saturated heterocycles. The molecule has 0 aliphatic heterocycles. The average Bonchev–Trinajstić information content (AvgIpc) is 2.45.